The predicted octanol–water partition coefficient (Wildman–Crippen LogP) is 4.58. The van der Waals surface area contributed by atoms with Crippen molar-refractivity contribution >= 4 is 40.4 Å². The van der Waals surface area contributed by atoms with Crippen LogP contribution in [0.15, 0.2) is 55.3 Å². The number of ether oxygens (including phenoxy) is 2. The molecule has 0 atom stereocenters. The quantitative estimate of drug-likeness (QED) is 0.218. The van der Waals surface area contributed by atoms with Crippen LogP contribution in [-0.4, -0.2) is 88.1 Å². The third-order valence-electron chi connectivity index (χ3n) is 7.34. The summed E-state index contributed by atoms with van der Waals surface area (Å²) >= 11 is 0. The third-order valence-corrected chi connectivity index (χ3v) is 7.34. The molecular weight excluding hydrogens is 546 g/mol. The fourth-order valence-electron chi connectivity index (χ4n) is 4.93. The van der Waals surface area contributed by atoms with Crippen molar-refractivity contribution in [3.63, 3.8) is 0 Å². The number of likely N-dealkylation sites (N-methyl/N-ethyl adjacent to an activating group) is 2. The summed E-state index contributed by atoms with van der Waals surface area (Å²) in [4.78, 5) is 41.1. The third kappa shape index (κ3) is 7.81. The highest BCUT2D eigenvalue weighted by molar-refractivity contribution is 6.10. The number of nitrogens with one attached hydrogen (secondary N) is 2. The van der Waals surface area contributed by atoms with Crippen LogP contribution in [0.1, 0.15) is 35.3 Å². The lowest BCUT2D eigenvalue weighted by Crippen LogP contribution is -2.29. The first-order chi connectivity index (χ1) is 20.7. The van der Waals surface area contributed by atoms with Crippen molar-refractivity contribution < 1.29 is 19.1 Å². The van der Waals surface area contributed by atoms with Gasteiger partial charge in [-0.3, -0.25) is 9.59 Å². The molecule has 0 saturated carbocycles. The average molecular weight is 588 g/mol. The van der Waals surface area contributed by atoms with Crippen molar-refractivity contribution in [1.29, 1.82) is 0 Å². The molecule has 1 amide bonds. The summed E-state index contributed by atoms with van der Waals surface area (Å²) in [5.41, 5.74) is 3.51. The van der Waals surface area contributed by atoms with E-state index in [4.69, 9.17) is 9.47 Å². The van der Waals surface area contributed by atoms with Gasteiger partial charge in [0.05, 0.1) is 36.8 Å². The maximum atomic E-state index is 13.6. The molecule has 228 valence electrons. The Labute approximate surface area is 253 Å². The first-order valence-corrected chi connectivity index (χ1v) is 14.3. The molecule has 1 saturated heterocycles. The highest BCUT2D eigenvalue weighted by Gasteiger charge is 2.21. The largest absolute Gasteiger partial charge is 0.496 e. The summed E-state index contributed by atoms with van der Waals surface area (Å²) in [5.74, 6) is 0.583. The lowest BCUT2D eigenvalue weighted by atomic mass is 10.0. The zero-order valence-electron chi connectivity index (χ0n) is 25.6. The van der Waals surface area contributed by atoms with Crippen LogP contribution in [0.5, 0.6) is 11.5 Å². The monoisotopic (exact) mass is 587 g/mol. The molecule has 1 aliphatic rings. The van der Waals surface area contributed by atoms with Crippen LogP contribution in [0.2, 0.25) is 0 Å². The van der Waals surface area contributed by atoms with E-state index in [0.717, 1.165) is 50.4 Å². The molecular formula is C32H41N7O4. The molecule has 3 aromatic rings. The minimum atomic E-state index is -0.345. The number of methoxy groups -OCH3 is 2. The Hall–Kier alpha value is -4.64. The fourth-order valence-corrected chi connectivity index (χ4v) is 4.93. The van der Waals surface area contributed by atoms with Crippen molar-refractivity contribution in [1.82, 2.24) is 14.9 Å². The highest BCUT2D eigenvalue weighted by atomic mass is 16.5. The van der Waals surface area contributed by atoms with Crippen LogP contribution in [0.4, 0.5) is 28.7 Å². The fraction of sp³-hybridized carbons (Fsp3) is 0.375. The van der Waals surface area contributed by atoms with Crippen molar-refractivity contribution in [2.75, 3.05) is 82.0 Å². The van der Waals surface area contributed by atoms with Gasteiger partial charge in [0.25, 0.3) is 0 Å². The number of piperidine rings is 1. The lowest BCUT2D eigenvalue weighted by Gasteiger charge is -2.29. The summed E-state index contributed by atoms with van der Waals surface area (Å²) in [7, 11) is 9.08. The molecule has 0 bridgehead atoms. The molecule has 2 N–H and O–H groups in total. The van der Waals surface area contributed by atoms with E-state index in [2.05, 4.69) is 37.0 Å². The van der Waals surface area contributed by atoms with Gasteiger partial charge >= 0.3 is 0 Å². The Morgan fingerprint density at radius 1 is 0.977 bits per heavy atom. The maximum Gasteiger partial charge on any atom is 0.247 e. The standard InChI is InChI=1S/C32H41N7O4/c1-7-30(40)34-25-20-26(29(43-6)21-27(25)38(4)18-17-37(2)3)36-32-33-14-13-24(35-32)31(41)23-12-11-22(19-28(23)42-5)39-15-9-8-10-16-39/h7,11-14,19-21H,1,8-10,15-18H2,2-6H3,(H,34,40)(H,33,35,36). The van der Waals surface area contributed by atoms with Crippen LogP contribution in [-0.2, 0) is 4.79 Å². The van der Waals surface area contributed by atoms with Crippen LogP contribution in [0, 0.1) is 0 Å². The highest BCUT2D eigenvalue weighted by Crippen LogP contribution is 2.38. The normalized spacial score (nSPS) is 12.9. The molecule has 4 rings (SSSR count). The number of rotatable bonds is 13. The number of hydrogen-bond acceptors (Lipinski definition) is 10. The van der Waals surface area contributed by atoms with E-state index in [1.807, 2.05) is 44.2 Å². The van der Waals surface area contributed by atoms with Gasteiger partial charge < -0.3 is 34.8 Å². The average Bonchev–Trinajstić information content (AvgIpc) is 3.03. The van der Waals surface area contributed by atoms with E-state index in [1.165, 1.54) is 18.7 Å². The minimum absolute atomic E-state index is 0.197. The summed E-state index contributed by atoms with van der Waals surface area (Å²) < 4.78 is 11.3. The van der Waals surface area contributed by atoms with Crippen LogP contribution >= 0.6 is 0 Å². The van der Waals surface area contributed by atoms with E-state index >= 15 is 0 Å². The Morgan fingerprint density at radius 3 is 2.40 bits per heavy atom. The van der Waals surface area contributed by atoms with Gasteiger partial charge in [0.2, 0.25) is 17.6 Å². The Kier molecular flexibility index (Phi) is 10.6. The molecule has 0 spiro atoms. The van der Waals surface area contributed by atoms with Crippen LogP contribution in [0.3, 0.4) is 0 Å². The second-order valence-electron chi connectivity index (χ2n) is 10.6. The van der Waals surface area contributed by atoms with Gasteiger partial charge in [-0.25, -0.2) is 9.97 Å². The summed E-state index contributed by atoms with van der Waals surface area (Å²) in [5, 5.41) is 6.04. The number of ketones is 1. The van der Waals surface area contributed by atoms with E-state index in [9.17, 15) is 9.59 Å². The number of anilines is 5. The first-order valence-electron chi connectivity index (χ1n) is 14.3. The van der Waals surface area contributed by atoms with Crippen LogP contribution in [0.25, 0.3) is 0 Å². The van der Waals surface area contributed by atoms with E-state index in [1.54, 1.807) is 32.4 Å². The van der Waals surface area contributed by atoms with Crippen molar-refractivity contribution in [2.45, 2.75) is 19.3 Å². The topological polar surface area (TPSA) is 112 Å². The predicted molar refractivity (Wildman–Crippen MR) is 171 cm³/mol. The molecule has 2 heterocycles. The molecule has 0 unspecified atom stereocenters. The Bertz CT molecular complexity index is 1450. The number of hydrogen-bond donors (Lipinski definition) is 2. The zero-order chi connectivity index (χ0) is 30.9. The molecule has 0 radical (unpaired) electrons. The molecule has 11 heteroatoms. The maximum absolute atomic E-state index is 13.6. The van der Waals surface area contributed by atoms with Crippen molar-refractivity contribution in [3.05, 3.63) is 66.5 Å². The number of aromatic nitrogens is 2. The molecule has 1 aromatic heterocycles. The van der Waals surface area contributed by atoms with Crippen molar-refractivity contribution in [3.8, 4) is 11.5 Å². The van der Waals surface area contributed by atoms with Gasteiger partial charge in [0.1, 0.15) is 17.2 Å². The van der Waals surface area contributed by atoms with Gasteiger partial charge in [-0.1, -0.05) is 6.58 Å². The smallest absolute Gasteiger partial charge is 0.247 e. The molecule has 1 fully saturated rings. The molecule has 11 nitrogen and oxygen atoms in total. The van der Waals surface area contributed by atoms with Gasteiger partial charge in [-0.05, 0) is 63.7 Å². The summed E-state index contributed by atoms with van der Waals surface area (Å²) in [6.07, 6.45) is 6.29. The van der Waals surface area contributed by atoms with Crippen LogP contribution < -0.4 is 29.9 Å². The summed E-state index contributed by atoms with van der Waals surface area (Å²) in [6.45, 7) is 7.09. The van der Waals surface area contributed by atoms with Gasteiger partial charge in [-0.15, -0.1) is 0 Å². The Morgan fingerprint density at radius 2 is 1.72 bits per heavy atom. The molecule has 2 aromatic carbocycles. The molecule has 43 heavy (non-hydrogen) atoms. The molecule has 0 aliphatic carbocycles. The van der Waals surface area contributed by atoms with Gasteiger partial charge in [0, 0.05) is 57.2 Å². The van der Waals surface area contributed by atoms with E-state index < -0.39 is 0 Å². The molecule has 1 aliphatic heterocycles. The lowest BCUT2D eigenvalue weighted by molar-refractivity contribution is -0.111. The number of carbonyl (C=O) groups is 2. The Balaban J connectivity index is 1.62. The van der Waals surface area contributed by atoms with Crippen molar-refractivity contribution in [2.24, 2.45) is 0 Å². The number of carbonyl (C=O) groups excluding carboxylic acids is 2. The number of nitrogens with zero attached hydrogens (tertiary/aromatic N) is 5. The van der Waals surface area contributed by atoms with Gasteiger partial charge in [-0.2, -0.15) is 0 Å². The second-order valence-corrected chi connectivity index (χ2v) is 10.6. The second kappa shape index (κ2) is 14.5. The van der Waals surface area contributed by atoms with Gasteiger partial charge in [0.15, 0.2) is 0 Å². The number of benzene rings is 2. The minimum Gasteiger partial charge on any atom is -0.496 e. The van der Waals surface area contributed by atoms with E-state index in [0.29, 0.717) is 28.4 Å². The summed E-state index contributed by atoms with van der Waals surface area (Å²) in [6, 6.07) is 10.8. The SMILES string of the molecule is C=CC(=O)Nc1cc(Nc2nccc(C(=O)c3ccc(N4CCCCC4)cc3OC)n2)c(OC)cc1N(C)CCN(C)C. The number of amides is 1. The van der Waals surface area contributed by atoms with E-state index in [-0.39, 0.29) is 23.3 Å². The zero-order valence-corrected chi connectivity index (χ0v) is 25.6. The first kappa shape index (κ1) is 31.3.